The lowest BCUT2D eigenvalue weighted by Crippen LogP contribution is -2.47. The van der Waals surface area contributed by atoms with Gasteiger partial charge in [0.1, 0.15) is 18.1 Å². The van der Waals surface area contributed by atoms with Crippen molar-refractivity contribution >= 4 is 5.69 Å². The lowest BCUT2D eigenvalue weighted by Gasteiger charge is -2.36. The minimum absolute atomic E-state index is 0.0246. The first-order valence-corrected chi connectivity index (χ1v) is 12.9. The fourth-order valence-corrected chi connectivity index (χ4v) is 4.64. The molecule has 0 radical (unpaired) electrons. The monoisotopic (exact) mass is 489 g/mol. The lowest BCUT2D eigenvalue weighted by molar-refractivity contribution is 0.135. The molecular formula is C30H39N3O3. The number of hydrogen-bond donors (Lipinski definition) is 2. The van der Waals surface area contributed by atoms with Crippen LogP contribution in [0.3, 0.4) is 0 Å². The summed E-state index contributed by atoms with van der Waals surface area (Å²) in [6.07, 6.45) is 0.496. The quantitative estimate of drug-likeness (QED) is 0.366. The molecule has 1 fully saturated rings. The van der Waals surface area contributed by atoms with Crippen LogP contribution in [0.4, 0.5) is 5.69 Å². The van der Waals surface area contributed by atoms with Crippen LogP contribution in [0.25, 0.3) is 0 Å². The van der Waals surface area contributed by atoms with Crippen molar-refractivity contribution in [2.75, 3.05) is 51.3 Å². The predicted molar refractivity (Wildman–Crippen MR) is 146 cm³/mol. The van der Waals surface area contributed by atoms with E-state index in [2.05, 4.69) is 27.2 Å². The molecule has 6 nitrogen and oxygen atoms in total. The molecule has 1 heterocycles. The van der Waals surface area contributed by atoms with E-state index in [1.54, 1.807) is 7.11 Å². The zero-order chi connectivity index (χ0) is 25.2. The zero-order valence-corrected chi connectivity index (χ0v) is 21.5. The molecule has 1 aliphatic heterocycles. The molecule has 0 saturated carbocycles. The molecule has 1 aliphatic rings. The van der Waals surface area contributed by atoms with E-state index in [-0.39, 0.29) is 6.04 Å². The molecule has 36 heavy (non-hydrogen) atoms. The number of aliphatic hydroxyl groups is 1. The van der Waals surface area contributed by atoms with E-state index >= 15 is 0 Å². The maximum absolute atomic E-state index is 10.8. The molecule has 1 saturated heterocycles. The van der Waals surface area contributed by atoms with Crippen molar-refractivity contribution in [1.29, 1.82) is 0 Å². The Morgan fingerprint density at radius 2 is 1.58 bits per heavy atom. The molecule has 2 atom stereocenters. The molecule has 3 aromatic carbocycles. The number of anilines is 1. The highest BCUT2D eigenvalue weighted by Gasteiger charge is 2.20. The van der Waals surface area contributed by atoms with Gasteiger partial charge in [-0.15, -0.1) is 0 Å². The van der Waals surface area contributed by atoms with Crippen molar-refractivity contribution < 1.29 is 14.6 Å². The fourth-order valence-electron chi connectivity index (χ4n) is 4.64. The van der Waals surface area contributed by atoms with Gasteiger partial charge in [-0.05, 0) is 61.8 Å². The molecule has 2 N–H and O–H groups in total. The van der Waals surface area contributed by atoms with E-state index in [9.17, 15) is 5.11 Å². The van der Waals surface area contributed by atoms with Crippen molar-refractivity contribution in [3.63, 3.8) is 0 Å². The highest BCUT2D eigenvalue weighted by Crippen LogP contribution is 2.28. The van der Waals surface area contributed by atoms with E-state index in [0.29, 0.717) is 6.61 Å². The Balaban J connectivity index is 1.14. The SMILES string of the molecule is COc1ccccc1N1CCN(CCCNC(C)C(O)c2ccc(OCc3ccccc3)cc2)CC1. The number of hydrogen-bond acceptors (Lipinski definition) is 6. The van der Waals surface area contributed by atoms with Crippen molar-refractivity contribution in [3.8, 4) is 11.5 Å². The summed E-state index contributed by atoms with van der Waals surface area (Å²) in [6.45, 7) is 8.63. The molecule has 192 valence electrons. The Kier molecular flexibility index (Phi) is 9.61. The number of rotatable bonds is 12. The van der Waals surface area contributed by atoms with Crippen molar-refractivity contribution in [2.24, 2.45) is 0 Å². The highest BCUT2D eigenvalue weighted by molar-refractivity contribution is 5.58. The molecule has 0 aromatic heterocycles. The summed E-state index contributed by atoms with van der Waals surface area (Å²) in [5, 5.41) is 14.3. The lowest BCUT2D eigenvalue weighted by atomic mass is 10.0. The van der Waals surface area contributed by atoms with Gasteiger partial charge in [0.25, 0.3) is 0 Å². The number of methoxy groups -OCH3 is 1. The minimum Gasteiger partial charge on any atom is -0.495 e. The highest BCUT2D eigenvalue weighted by atomic mass is 16.5. The van der Waals surface area contributed by atoms with Crippen LogP contribution < -0.4 is 19.7 Å². The summed E-state index contributed by atoms with van der Waals surface area (Å²) in [6, 6.07) is 26.1. The van der Waals surface area contributed by atoms with E-state index in [1.165, 1.54) is 5.69 Å². The standard InChI is InChI=1S/C30H39N3O3/c1-24(30(34)26-13-15-27(16-14-26)36-23-25-9-4-3-5-10-25)31-17-8-18-32-19-21-33(22-20-32)28-11-6-7-12-29(28)35-2/h3-7,9-16,24,30-31,34H,8,17-23H2,1-2H3. The van der Waals surface area contributed by atoms with Gasteiger partial charge in [0.2, 0.25) is 0 Å². The van der Waals surface area contributed by atoms with Crippen LogP contribution in [0, 0.1) is 0 Å². The van der Waals surface area contributed by atoms with Crippen LogP contribution in [0.1, 0.15) is 30.6 Å². The number of para-hydroxylation sites is 2. The summed E-state index contributed by atoms with van der Waals surface area (Å²) in [4.78, 5) is 4.92. The Morgan fingerprint density at radius 1 is 0.889 bits per heavy atom. The Hall–Kier alpha value is -3.06. The molecule has 4 rings (SSSR count). The van der Waals surface area contributed by atoms with Gasteiger partial charge < -0.3 is 24.8 Å². The maximum Gasteiger partial charge on any atom is 0.142 e. The number of ether oxygens (including phenoxy) is 2. The van der Waals surface area contributed by atoms with Gasteiger partial charge in [-0.3, -0.25) is 4.90 Å². The van der Waals surface area contributed by atoms with Gasteiger partial charge in [-0.2, -0.15) is 0 Å². The second-order valence-electron chi connectivity index (χ2n) is 9.39. The van der Waals surface area contributed by atoms with Crippen molar-refractivity contribution in [2.45, 2.75) is 32.1 Å². The van der Waals surface area contributed by atoms with Crippen LogP contribution in [0.5, 0.6) is 11.5 Å². The van der Waals surface area contributed by atoms with Crippen LogP contribution in [-0.4, -0.2) is 62.4 Å². The Labute approximate surface area is 215 Å². The zero-order valence-electron chi connectivity index (χ0n) is 21.5. The third-order valence-electron chi connectivity index (χ3n) is 6.86. The Morgan fingerprint density at radius 3 is 2.31 bits per heavy atom. The summed E-state index contributed by atoms with van der Waals surface area (Å²) in [7, 11) is 1.73. The Bertz CT molecular complexity index is 1040. The topological polar surface area (TPSA) is 57.2 Å². The second-order valence-corrected chi connectivity index (χ2v) is 9.39. The first kappa shape index (κ1) is 26.0. The van der Waals surface area contributed by atoms with Crippen LogP contribution in [-0.2, 0) is 6.61 Å². The molecule has 2 unspecified atom stereocenters. The summed E-state index contributed by atoms with van der Waals surface area (Å²) >= 11 is 0. The third-order valence-corrected chi connectivity index (χ3v) is 6.86. The molecule has 0 bridgehead atoms. The van der Waals surface area contributed by atoms with Gasteiger partial charge in [0.15, 0.2) is 0 Å². The molecule has 3 aromatic rings. The smallest absolute Gasteiger partial charge is 0.142 e. The number of nitrogens with zero attached hydrogens (tertiary/aromatic N) is 2. The van der Waals surface area contributed by atoms with E-state index < -0.39 is 6.10 Å². The van der Waals surface area contributed by atoms with Crippen LogP contribution in [0.15, 0.2) is 78.9 Å². The number of nitrogens with one attached hydrogen (secondary N) is 1. The molecular weight excluding hydrogens is 450 g/mol. The van der Waals surface area contributed by atoms with Gasteiger partial charge in [0, 0.05) is 32.2 Å². The minimum atomic E-state index is -0.558. The van der Waals surface area contributed by atoms with E-state index in [1.807, 2.05) is 73.7 Å². The van der Waals surface area contributed by atoms with Crippen LogP contribution >= 0.6 is 0 Å². The normalized spacial score (nSPS) is 15.9. The number of piperazine rings is 1. The van der Waals surface area contributed by atoms with Gasteiger partial charge in [-0.25, -0.2) is 0 Å². The van der Waals surface area contributed by atoms with Gasteiger partial charge >= 0.3 is 0 Å². The van der Waals surface area contributed by atoms with E-state index in [4.69, 9.17) is 9.47 Å². The largest absolute Gasteiger partial charge is 0.495 e. The van der Waals surface area contributed by atoms with Gasteiger partial charge in [0.05, 0.1) is 18.9 Å². The van der Waals surface area contributed by atoms with Crippen molar-refractivity contribution in [3.05, 3.63) is 90.0 Å². The predicted octanol–water partition coefficient (Wildman–Crippen LogP) is 4.50. The summed E-state index contributed by atoms with van der Waals surface area (Å²) < 4.78 is 11.4. The number of benzene rings is 3. The summed E-state index contributed by atoms with van der Waals surface area (Å²) in [5.41, 5.74) is 3.21. The maximum atomic E-state index is 10.8. The second kappa shape index (κ2) is 13.3. The first-order chi connectivity index (χ1) is 17.6. The fraction of sp³-hybridized carbons (Fsp3) is 0.400. The molecule has 0 amide bonds. The third kappa shape index (κ3) is 7.23. The summed E-state index contributed by atoms with van der Waals surface area (Å²) in [5.74, 6) is 1.75. The first-order valence-electron chi connectivity index (χ1n) is 12.9. The van der Waals surface area contributed by atoms with Gasteiger partial charge in [-0.1, -0.05) is 54.6 Å². The average molecular weight is 490 g/mol. The molecule has 6 heteroatoms. The number of aliphatic hydroxyl groups excluding tert-OH is 1. The molecule has 0 spiro atoms. The van der Waals surface area contributed by atoms with E-state index in [0.717, 1.165) is 68.3 Å². The average Bonchev–Trinajstić information content (AvgIpc) is 2.95. The van der Waals surface area contributed by atoms with Crippen molar-refractivity contribution in [1.82, 2.24) is 10.2 Å². The molecule has 0 aliphatic carbocycles. The van der Waals surface area contributed by atoms with Crippen LogP contribution in [0.2, 0.25) is 0 Å².